The van der Waals surface area contributed by atoms with E-state index in [1.165, 1.54) is 0 Å². The largest absolute Gasteiger partial charge is 0.496 e. The standard InChI is InChI=1S/C31H31Cl2N7O4/c1-41-23-12-22(39-8-6-38(7-9-39)18-15-44-16-18)21(34)11-19(23)29-36-14-17-10-20(31-35-4-5-40(31)30(17)37-29)26-27(32)24(42-2)13-25(43-3)28(26)33/h4-5,10-14,18H,6-9,15-16,34H2,1-3H3. The number of fused-ring (bicyclic) bond motifs is 3. The highest BCUT2D eigenvalue weighted by molar-refractivity contribution is 6.41. The van der Waals surface area contributed by atoms with Crippen LogP contribution in [0, 0.1) is 0 Å². The Balaban J connectivity index is 1.29. The molecule has 44 heavy (non-hydrogen) atoms. The van der Waals surface area contributed by atoms with Crippen molar-refractivity contribution in [2.75, 3.05) is 71.4 Å². The molecule has 0 bridgehead atoms. The van der Waals surface area contributed by atoms with Crippen LogP contribution in [0.2, 0.25) is 10.0 Å². The van der Waals surface area contributed by atoms with E-state index in [0.29, 0.717) is 72.8 Å². The Bertz CT molecular complexity index is 1860. The second-order valence-electron chi connectivity index (χ2n) is 10.8. The van der Waals surface area contributed by atoms with E-state index < -0.39 is 0 Å². The first-order valence-corrected chi connectivity index (χ1v) is 14.9. The number of halogens is 2. The van der Waals surface area contributed by atoms with Crippen LogP contribution in [0.25, 0.3) is 39.2 Å². The zero-order valence-corrected chi connectivity index (χ0v) is 26.0. The van der Waals surface area contributed by atoms with E-state index in [4.69, 9.17) is 57.9 Å². The van der Waals surface area contributed by atoms with Gasteiger partial charge < -0.3 is 29.6 Å². The molecule has 0 atom stereocenters. The zero-order chi connectivity index (χ0) is 30.5. The summed E-state index contributed by atoms with van der Waals surface area (Å²) < 4.78 is 24.1. The molecule has 2 aliphatic heterocycles. The summed E-state index contributed by atoms with van der Waals surface area (Å²) in [5.74, 6) is 1.98. The van der Waals surface area contributed by atoms with Gasteiger partial charge in [-0.05, 0) is 12.1 Å². The van der Waals surface area contributed by atoms with Crippen LogP contribution >= 0.6 is 23.2 Å². The van der Waals surface area contributed by atoms with Crippen LogP contribution in [0.3, 0.4) is 0 Å². The average Bonchev–Trinajstić information content (AvgIpc) is 3.51. The fraction of sp³-hybridized carbons (Fsp3) is 0.323. The second kappa shape index (κ2) is 11.5. The zero-order valence-electron chi connectivity index (χ0n) is 24.5. The van der Waals surface area contributed by atoms with Crippen molar-refractivity contribution in [2.45, 2.75) is 6.04 Å². The number of pyridine rings is 1. The molecule has 13 heteroatoms. The summed E-state index contributed by atoms with van der Waals surface area (Å²) in [6.45, 7) is 5.33. The number of imidazole rings is 1. The smallest absolute Gasteiger partial charge is 0.165 e. The third kappa shape index (κ3) is 4.71. The number of piperazine rings is 1. The predicted octanol–water partition coefficient (Wildman–Crippen LogP) is 5.05. The Kier molecular flexibility index (Phi) is 7.49. The fourth-order valence-electron chi connectivity index (χ4n) is 5.97. The summed E-state index contributed by atoms with van der Waals surface area (Å²) in [5.41, 5.74) is 11.4. The third-order valence-corrected chi connectivity index (χ3v) is 9.18. The van der Waals surface area contributed by atoms with Gasteiger partial charge in [0.05, 0.1) is 67.6 Å². The highest BCUT2D eigenvalue weighted by Crippen LogP contribution is 2.47. The molecule has 0 unspecified atom stereocenters. The quantitative estimate of drug-likeness (QED) is 0.244. The molecule has 7 rings (SSSR count). The second-order valence-corrected chi connectivity index (χ2v) is 11.5. The van der Waals surface area contributed by atoms with Crippen molar-refractivity contribution in [3.8, 4) is 39.8 Å². The Morgan fingerprint density at radius 2 is 1.55 bits per heavy atom. The Morgan fingerprint density at radius 3 is 2.18 bits per heavy atom. The van der Waals surface area contributed by atoms with Crippen LogP contribution in [-0.2, 0) is 4.74 Å². The molecule has 2 N–H and O–H groups in total. The molecule has 2 saturated heterocycles. The van der Waals surface area contributed by atoms with E-state index in [-0.39, 0.29) is 0 Å². The van der Waals surface area contributed by atoms with E-state index in [9.17, 15) is 0 Å². The number of nitrogens with two attached hydrogens (primary N) is 1. The van der Waals surface area contributed by atoms with Gasteiger partial charge in [0.15, 0.2) is 5.82 Å². The first kappa shape index (κ1) is 28.7. The highest BCUT2D eigenvalue weighted by Gasteiger charge is 2.30. The Morgan fingerprint density at radius 1 is 0.841 bits per heavy atom. The molecule has 2 aliphatic rings. The van der Waals surface area contributed by atoms with Crippen LogP contribution in [0.15, 0.2) is 42.9 Å². The topological polar surface area (TPSA) is 112 Å². The lowest BCUT2D eigenvalue weighted by Gasteiger charge is -2.43. The van der Waals surface area contributed by atoms with Gasteiger partial charge >= 0.3 is 0 Å². The van der Waals surface area contributed by atoms with Crippen LogP contribution in [0.1, 0.15) is 0 Å². The minimum absolute atomic E-state index is 0.346. The lowest BCUT2D eigenvalue weighted by molar-refractivity contribution is -0.0660. The maximum atomic E-state index is 6.78. The molecule has 11 nitrogen and oxygen atoms in total. The van der Waals surface area contributed by atoms with Gasteiger partial charge in [0.25, 0.3) is 0 Å². The summed E-state index contributed by atoms with van der Waals surface area (Å²) in [6, 6.07) is 7.97. The van der Waals surface area contributed by atoms with E-state index in [1.807, 2.05) is 28.8 Å². The van der Waals surface area contributed by atoms with E-state index in [0.717, 1.165) is 50.5 Å². The van der Waals surface area contributed by atoms with Gasteiger partial charge in [0, 0.05) is 73.4 Å². The number of nitrogens with zero attached hydrogens (tertiary/aromatic N) is 6. The number of aromatic nitrogens is 4. The molecule has 3 aromatic heterocycles. The van der Waals surface area contributed by atoms with Gasteiger partial charge in [-0.1, -0.05) is 23.2 Å². The number of anilines is 2. The maximum Gasteiger partial charge on any atom is 0.165 e. The normalized spacial score (nSPS) is 16.0. The number of nitrogen functional groups attached to an aromatic ring is 1. The monoisotopic (exact) mass is 635 g/mol. The summed E-state index contributed by atoms with van der Waals surface area (Å²) in [6.07, 6.45) is 5.29. The minimum atomic E-state index is 0.346. The molecule has 0 saturated carbocycles. The molecule has 228 valence electrons. The molecule has 2 fully saturated rings. The third-order valence-electron chi connectivity index (χ3n) is 8.43. The van der Waals surface area contributed by atoms with Crippen molar-refractivity contribution in [3.05, 3.63) is 52.9 Å². The summed E-state index contributed by atoms with van der Waals surface area (Å²) in [4.78, 5) is 19.1. The SMILES string of the molecule is COc1cc(N2CCN(C3COC3)CC2)c(N)cc1-c1ncc2cc(-c3c(Cl)c(OC)cc(OC)c3Cl)c3nccn3c2n1. The molecular weight excluding hydrogens is 605 g/mol. The number of hydrogen-bond donors (Lipinski definition) is 1. The number of hydrogen-bond acceptors (Lipinski definition) is 10. The lowest BCUT2D eigenvalue weighted by Crippen LogP contribution is -2.56. The first-order chi connectivity index (χ1) is 21.4. The number of ether oxygens (including phenoxy) is 4. The fourth-order valence-corrected chi connectivity index (χ4v) is 6.68. The Labute approximate surface area is 264 Å². The van der Waals surface area contributed by atoms with Crippen LogP contribution in [0.5, 0.6) is 17.2 Å². The van der Waals surface area contributed by atoms with Gasteiger partial charge in [0.1, 0.15) is 28.5 Å². The van der Waals surface area contributed by atoms with Crippen molar-refractivity contribution in [3.63, 3.8) is 0 Å². The minimum Gasteiger partial charge on any atom is -0.496 e. The Hall–Kier alpha value is -4.03. The molecular formula is C31H31Cl2N7O4. The molecule has 0 radical (unpaired) electrons. The van der Waals surface area contributed by atoms with Gasteiger partial charge in [-0.2, -0.15) is 0 Å². The average molecular weight is 637 g/mol. The van der Waals surface area contributed by atoms with Crippen LogP contribution < -0.4 is 24.8 Å². The van der Waals surface area contributed by atoms with Gasteiger partial charge in [-0.3, -0.25) is 9.30 Å². The van der Waals surface area contributed by atoms with Gasteiger partial charge in [-0.25, -0.2) is 15.0 Å². The van der Waals surface area contributed by atoms with Crippen LogP contribution in [0.4, 0.5) is 11.4 Å². The summed E-state index contributed by atoms with van der Waals surface area (Å²) >= 11 is 13.6. The maximum absolute atomic E-state index is 6.78. The molecule has 5 heterocycles. The summed E-state index contributed by atoms with van der Waals surface area (Å²) in [5, 5.41) is 1.44. The van der Waals surface area contributed by atoms with Crippen molar-refractivity contribution >= 4 is 51.3 Å². The van der Waals surface area contributed by atoms with Crippen molar-refractivity contribution in [1.82, 2.24) is 24.3 Å². The number of methoxy groups -OCH3 is 3. The van der Waals surface area contributed by atoms with Crippen molar-refractivity contribution in [2.24, 2.45) is 0 Å². The van der Waals surface area contributed by atoms with E-state index in [1.54, 1.807) is 39.8 Å². The van der Waals surface area contributed by atoms with Gasteiger partial charge in [-0.15, -0.1) is 0 Å². The van der Waals surface area contributed by atoms with Crippen molar-refractivity contribution < 1.29 is 18.9 Å². The molecule has 0 aliphatic carbocycles. The van der Waals surface area contributed by atoms with E-state index in [2.05, 4.69) is 14.8 Å². The van der Waals surface area contributed by atoms with Crippen molar-refractivity contribution in [1.29, 1.82) is 0 Å². The molecule has 2 aromatic carbocycles. The highest BCUT2D eigenvalue weighted by atomic mass is 35.5. The lowest BCUT2D eigenvalue weighted by atomic mass is 10.0. The molecule has 0 amide bonds. The number of benzene rings is 2. The summed E-state index contributed by atoms with van der Waals surface area (Å²) in [7, 11) is 4.72. The first-order valence-electron chi connectivity index (χ1n) is 14.2. The molecule has 5 aromatic rings. The molecule has 0 spiro atoms. The van der Waals surface area contributed by atoms with Gasteiger partial charge in [0.2, 0.25) is 0 Å². The predicted molar refractivity (Wildman–Crippen MR) is 172 cm³/mol. The van der Waals surface area contributed by atoms with Crippen LogP contribution in [-0.4, -0.2) is 91.0 Å². The van der Waals surface area contributed by atoms with E-state index >= 15 is 0 Å². The number of rotatable bonds is 7.